The largest absolute Gasteiger partial charge is 0.330 e. The Morgan fingerprint density at radius 2 is 1.47 bits per heavy atom. The third-order valence-electron chi connectivity index (χ3n) is 8.10. The Kier molecular flexibility index (Phi) is 6.57. The second-order valence-corrected chi connectivity index (χ2v) is 13.0. The average Bonchev–Trinajstić information content (AvgIpc) is 3.10. The zero-order chi connectivity index (χ0) is 25.7. The molecular weight excluding hydrogens is 484 g/mol. The fraction of sp³-hybridized carbons (Fsp3) is 0.519. The predicted octanol–water partition coefficient (Wildman–Crippen LogP) is 5.12. The molecule has 0 atom stereocenters. The number of imidazole rings is 1. The van der Waals surface area contributed by atoms with Crippen molar-refractivity contribution in [2.24, 2.45) is 5.41 Å². The monoisotopic (exact) mass is 517 g/mol. The Morgan fingerprint density at radius 1 is 0.889 bits per heavy atom. The molecule has 0 amide bonds. The van der Waals surface area contributed by atoms with Gasteiger partial charge in [0.25, 0.3) is 0 Å². The lowest BCUT2D eigenvalue weighted by molar-refractivity contribution is 0.0774. The number of likely N-dealkylation sites (tertiary alicyclic amines) is 1. The summed E-state index contributed by atoms with van der Waals surface area (Å²) in [4.78, 5) is 16.1. The van der Waals surface area contributed by atoms with Crippen molar-refractivity contribution in [1.29, 1.82) is 0 Å². The van der Waals surface area contributed by atoms with Gasteiger partial charge in [0, 0.05) is 37.3 Å². The van der Waals surface area contributed by atoms with Gasteiger partial charge in [-0.3, -0.25) is 9.13 Å². The van der Waals surface area contributed by atoms with Crippen molar-refractivity contribution in [3.05, 3.63) is 64.6 Å². The Bertz CT molecular complexity index is 1410. The molecule has 1 saturated carbocycles. The third kappa shape index (κ3) is 4.75. The molecule has 0 spiro atoms. The van der Waals surface area contributed by atoms with Gasteiger partial charge in [-0.15, -0.1) is 0 Å². The van der Waals surface area contributed by atoms with Crippen molar-refractivity contribution in [2.45, 2.75) is 75.2 Å². The van der Waals surface area contributed by atoms with E-state index in [2.05, 4.69) is 18.7 Å². The summed E-state index contributed by atoms with van der Waals surface area (Å²) in [6.07, 6.45) is 6.13. The first kappa shape index (κ1) is 25.1. The van der Waals surface area contributed by atoms with Gasteiger partial charge in [0.05, 0.1) is 15.9 Å². The molecule has 5 rings (SSSR count). The number of nitrogens with zero attached hydrogens (tertiary/aromatic N) is 3. The fourth-order valence-electron chi connectivity index (χ4n) is 5.88. The molecule has 0 N–H and O–H groups in total. The van der Waals surface area contributed by atoms with E-state index in [0.29, 0.717) is 24.3 Å². The number of sulfone groups is 1. The minimum absolute atomic E-state index is 0.0735. The highest BCUT2D eigenvalue weighted by Gasteiger charge is 2.33. The average molecular weight is 518 g/mol. The van der Waals surface area contributed by atoms with E-state index in [-0.39, 0.29) is 22.0 Å². The molecule has 3 aromatic rings. The summed E-state index contributed by atoms with van der Waals surface area (Å²) in [5.41, 5.74) is 0.173. The summed E-state index contributed by atoms with van der Waals surface area (Å²) >= 11 is 0. The molecular formula is C27H33F2N3O3S. The van der Waals surface area contributed by atoms with E-state index >= 15 is 0 Å². The highest BCUT2D eigenvalue weighted by Crippen LogP contribution is 2.38. The maximum Gasteiger partial charge on any atom is 0.330 e. The van der Waals surface area contributed by atoms with Crippen LogP contribution >= 0.6 is 0 Å². The van der Waals surface area contributed by atoms with Gasteiger partial charge in [-0.05, 0) is 56.1 Å². The minimum atomic E-state index is -3.88. The lowest BCUT2D eigenvalue weighted by atomic mass is 9.75. The van der Waals surface area contributed by atoms with Crippen LogP contribution in [0.2, 0.25) is 0 Å². The van der Waals surface area contributed by atoms with Crippen molar-refractivity contribution in [3.8, 4) is 0 Å². The maximum atomic E-state index is 14.3. The number of halogens is 2. The second-order valence-electron chi connectivity index (χ2n) is 11.1. The van der Waals surface area contributed by atoms with Crippen LogP contribution in [0.4, 0.5) is 8.78 Å². The summed E-state index contributed by atoms with van der Waals surface area (Å²) < 4.78 is 57.2. The molecule has 0 bridgehead atoms. The van der Waals surface area contributed by atoms with Crippen LogP contribution < -0.4 is 5.69 Å². The fourth-order valence-corrected chi connectivity index (χ4v) is 7.19. The number of aromatic nitrogens is 2. The number of hydrogen-bond donors (Lipinski definition) is 0. The molecule has 194 valence electrons. The van der Waals surface area contributed by atoms with Crippen LogP contribution in [-0.2, 0) is 15.7 Å². The highest BCUT2D eigenvalue weighted by molar-refractivity contribution is 7.90. The van der Waals surface area contributed by atoms with E-state index in [1.165, 1.54) is 42.4 Å². The van der Waals surface area contributed by atoms with Gasteiger partial charge in [0.2, 0.25) is 0 Å². The molecule has 0 unspecified atom stereocenters. The second kappa shape index (κ2) is 9.41. The molecule has 1 aliphatic carbocycles. The van der Waals surface area contributed by atoms with E-state index in [1.807, 2.05) is 0 Å². The van der Waals surface area contributed by atoms with Crippen LogP contribution in [0.15, 0.2) is 52.2 Å². The Labute approximate surface area is 210 Å². The number of rotatable bonds is 5. The van der Waals surface area contributed by atoms with E-state index < -0.39 is 33.0 Å². The van der Waals surface area contributed by atoms with Crippen molar-refractivity contribution < 1.29 is 17.2 Å². The molecule has 36 heavy (non-hydrogen) atoms. The van der Waals surface area contributed by atoms with Gasteiger partial charge in [-0.1, -0.05) is 32.0 Å². The topological polar surface area (TPSA) is 64.3 Å². The first-order valence-corrected chi connectivity index (χ1v) is 14.3. The van der Waals surface area contributed by atoms with Crippen molar-refractivity contribution >= 4 is 20.9 Å². The molecule has 2 aliphatic rings. The van der Waals surface area contributed by atoms with Crippen LogP contribution in [0, 0.1) is 17.0 Å². The van der Waals surface area contributed by atoms with Gasteiger partial charge in [-0.25, -0.2) is 22.0 Å². The Balaban J connectivity index is 1.45. The van der Waals surface area contributed by atoms with E-state index in [0.717, 1.165) is 29.8 Å². The number of hydrogen-bond acceptors (Lipinski definition) is 4. The summed E-state index contributed by atoms with van der Waals surface area (Å²) in [6.45, 7) is 6.27. The first-order valence-electron chi connectivity index (χ1n) is 12.7. The smallest absolute Gasteiger partial charge is 0.300 e. The summed E-state index contributed by atoms with van der Waals surface area (Å²) in [6, 6.07) is 10.1. The molecule has 1 aliphatic heterocycles. The van der Waals surface area contributed by atoms with Crippen LogP contribution in [0.5, 0.6) is 0 Å². The first-order chi connectivity index (χ1) is 17.1. The van der Waals surface area contributed by atoms with Gasteiger partial charge in [0.15, 0.2) is 21.5 Å². The molecule has 6 nitrogen and oxygen atoms in total. The lowest BCUT2D eigenvalue weighted by Crippen LogP contribution is -2.45. The van der Waals surface area contributed by atoms with Gasteiger partial charge in [0.1, 0.15) is 5.88 Å². The molecule has 0 radical (unpaired) electrons. The lowest BCUT2D eigenvalue weighted by Gasteiger charge is -2.43. The van der Waals surface area contributed by atoms with Crippen molar-refractivity contribution in [1.82, 2.24) is 14.0 Å². The molecule has 2 heterocycles. The number of fused-ring (bicyclic) bond motifs is 1. The van der Waals surface area contributed by atoms with E-state index in [9.17, 15) is 22.0 Å². The van der Waals surface area contributed by atoms with Crippen molar-refractivity contribution in [3.63, 3.8) is 0 Å². The van der Waals surface area contributed by atoms with E-state index in [1.54, 1.807) is 18.2 Å². The standard InChI is InChI=1S/C27H33F2N3O3S/c1-27(2)12-8-19(9-13-27)30-14-10-20(11-15-30)32-25-17-23(29)22(28)16-24(25)31(26(32)33)18-36(34,35)21-6-4-3-5-7-21/h3-7,16-17,19-20H,8-15,18H2,1-2H3. The zero-order valence-electron chi connectivity index (χ0n) is 20.8. The van der Waals surface area contributed by atoms with Crippen LogP contribution in [0.25, 0.3) is 11.0 Å². The Morgan fingerprint density at radius 3 is 2.08 bits per heavy atom. The number of piperidine rings is 1. The van der Waals surface area contributed by atoms with Gasteiger partial charge < -0.3 is 4.90 Å². The zero-order valence-corrected chi connectivity index (χ0v) is 21.6. The van der Waals surface area contributed by atoms with E-state index in [4.69, 9.17) is 0 Å². The van der Waals surface area contributed by atoms with Crippen LogP contribution in [0.1, 0.15) is 58.4 Å². The normalized spacial score (nSPS) is 20.2. The summed E-state index contributed by atoms with van der Waals surface area (Å²) in [5.74, 6) is -2.80. The molecule has 1 aromatic heterocycles. The predicted molar refractivity (Wildman–Crippen MR) is 136 cm³/mol. The molecule has 1 saturated heterocycles. The molecule has 2 fully saturated rings. The quantitative estimate of drug-likeness (QED) is 0.471. The number of benzene rings is 2. The van der Waals surface area contributed by atoms with Gasteiger partial charge >= 0.3 is 5.69 Å². The van der Waals surface area contributed by atoms with Crippen LogP contribution in [0.3, 0.4) is 0 Å². The SMILES string of the molecule is CC1(C)CCC(N2CCC(n3c(=O)n(CS(=O)(=O)c4ccccc4)c4cc(F)c(F)cc43)CC2)CC1. The minimum Gasteiger partial charge on any atom is -0.300 e. The summed E-state index contributed by atoms with van der Waals surface area (Å²) in [5, 5.41) is 0. The summed E-state index contributed by atoms with van der Waals surface area (Å²) in [7, 11) is -3.88. The third-order valence-corrected chi connectivity index (χ3v) is 9.68. The van der Waals surface area contributed by atoms with Crippen molar-refractivity contribution in [2.75, 3.05) is 13.1 Å². The molecule has 2 aromatic carbocycles. The maximum absolute atomic E-state index is 14.3. The van der Waals surface area contributed by atoms with Crippen LogP contribution in [-0.4, -0.2) is 41.6 Å². The van der Waals surface area contributed by atoms with Gasteiger partial charge in [-0.2, -0.15) is 0 Å². The highest BCUT2D eigenvalue weighted by atomic mass is 32.2. The molecule has 9 heteroatoms. The Hall–Kier alpha value is -2.52.